The zero-order chi connectivity index (χ0) is 16.2. The summed E-state index contributed by atoms with van der Waals surface area (Å²) in [4.78, 5) is 25.4. The highest BCUT2D eigenvalue weighted by atomic mass is 16.5. The third-order valence-electron chi connectivity index (χ3n) is 5.85. The van der Waals surface area contributed by atoms with Crippen molar-refractivity contribution in [2.75, 3.05) is 26.3 Å². The fourth-order valence-corrected chi connectivity index (χ4v) is 4.29. The smallest absolute Gasteiger partial charge is 0.317 e. The molecule has 0 aromatic heterocycles. The summed E-state index contributed by atoms with van der Waals surface area (Å²) in [6.07, 6.45) is 6.25. The molecule has 130 valence electrons. The minimum absolute atomic E-state index is 0.0401. The maximum atomic E-state index is 12.4. The van der Waals surface area contributed by atoms with Crippen LogP contribution >= 0.6 is 0 Å². The molecule has 0 aromatic rings. The van der Waals surface area contributed by atoms with Crippen LogP contribution in [-0.4, -0.2) is 54.4 Å². The first-order valence-electron chi connectivity index (χ1n) is 8.99. The number of likely N-dealkylation sites (tertiary alicyclic amines) is 1. The van der Waals surface area contributed by atoms with Crippen LogP contribution in [0.15, 0.2) is 0 Å². The summed E-state index contributed by atoms with van der Waals surface area (Å²) in [7, 11) is 0. The van der Waals surface area contributed by atoms with Crippen molar-refractivity contribution >= 4 is 12.0 Å². The summed E-state index contributed by atoms with van der Waals surface area (Å²) < 4.78 is 5.42. The second kappa shape index (κ2) is 7.51. The van der Waals surface area contributed by atoms with Crippen molar-refractivity contribution in [3.63, 3.8) is 0 Å². The Labute approximate surface area is 137 Å². The first kappa shape index (κ1) is 16.6. The Bertz CT molecular complexity index is 428. The number of amides is 2. The Balaban J connectivity index is 1.42. The normalized spacial score (nSPS) is 32.7. The molecule has 2 aliphatic heterocycles. The summed E-state index contributed by atoms with van der Waals surface area (Å²) in [5, 5.41) is 12.1. The molecule has 2 heterocycles. The number of carboxylic acid groups (broad SMARTS) is 1. The van der Waals surface area contributed by atoms with E-state index < -0.39 is 5.97 Å². The zero-order valence-electron chi connectivity index (χ0n) is 13.7. The van der Waals surface area contributed by atoms with Gasteiger partial charge in [-0.15, -0.1) is 0 Å². The highest BCUT2D eigenvalue weighted by molar-refractivity contribution is 5.75. The number of hydrogen-bond acceptors (Lipinski definition) is 3. The van der Waals surface area contributed by atoms with Gasteiger partial charge >= 0.3 is 12.0 Å². The second-order valence-corrected chi connectivity index (χ2v) is 7.28. The lowest BCUT2D eigenvalue weighted by atomic mass is 9.85. The van der Waals surface area contributed by atoms with Gasteiger partial charge in [0.15, 0.2) is 0 Å². The molecule has 1 atom stereocenters. The van der Waals surface area contributed by atoms with E-state index in [1.807, 2.05) is 4.90 Å². The molecular weight excluding hydrogens is 296 g/mol. The van der Waals surface area contributed by atoms with Gasteiger partial charge in [-0.25, -0.2) is 4.79 Å². The molecule has 3 rings (SSSR count). The van der Waals surface area contributed by atoms with E-state index in [9.17, 15) is 9.59 Å². The Morgan fingerprint density at radius 3 is 2.30 bits per heavy atom. The van der Waals surface area contributed by atoms with Gasteiger partial charge in [-0.2, -0.15) is 0 Å². The molecule has 3 fully saturated rings. The molecule has 23 heavy (non-hydrogen) atoms. The first-order chi connectivity index (χ1) is 11.1. The van der Waals surface area contributed by atoms with Gasteiger partial charge in [-0.1, -0.05) is 0 Å². The van der Waals surface area contributed by atoms with E-state index >= 15 is 0 Å². The summed E-state index contributed by atoms with van der Waals surface area (Å²) in [6, 6.07) is 0.179. The fourth-order valence-electron chi connectivity index (χ4n) is 4.29. The Kier molecular flexibility index (Phi) is 5.41. The highest BCUT2D eigenvalue weighted by Crippen LogP contribution is 2.31. The fraction of sp³-hybridized carbons (Fsp3) is 0.882. The van der Waals surface area contributed by atoms with Crippen LogP contribution in [-0.2, 0) is 9.53 Å². The van der Waals surface area contributed by atoms with Crippen LogP contribution in [0.2, 0.25) is 0 Å². The van der Waals surface area contributed by atoms with Crippen molar-refractivity contribution < 1.29 is 19.4 Å². The number of hydrogen-bond donors (Lipinski definition) is 2. The van der Waals surface area contributed by atoms with E-state index in [-0.39, 0.29) is 18.0 Å². The molecule has 1 saturated carbocycles. The van der Waals surface area contributed by atoms with E-state index in [1.54, 1.807) is 0 Å². The summed E-state index contributed by atoms with van der Waals surface area (Å²) in [5.41, 5.74) is 0. The third-order valence-corrected chi connectivity index (χ3v) is 5.85. The molecule has 2 amide bonds. The largest absolute Gasteiger partial charge is 0.481 e. The average Bonchev–Trinajstić information content (AvgIpc) is 3.06. The van der Waals surface area contributed by atoms with Crippen molar-refractivity contribution in [3.8, 4) is 0 Å². The van der Waals surface area contributed by atoms with Crippen molar-refractivity contribution in [1.29, 1.82) is 0 Å². The maximum absolute atomic E-state index is 12.4. The van der Waals surface area contributed by atoms with Crippen LogP contribution in [0, 0.1) is 17.8 Å². The topological polar surface area (TPSA) is 78.9 Å². The number of urea groups is 1. The van der Waals surface area contributed by atoms with Crippen molar-refractivity contribution in [2.24, 2.45) is 17.8 Å². The molecular formula is C17H28N2O4. The van der Waals surface area contributed by atoms with Crippen molar-refractivity contribution in [3.05, 3.63) is 0 Å². The minimum atomic E-state index is -0.700. The van der Waals surface area contributed by atoms with Gasteiger partial charge in [-0.3, -0.25) is 4.79 Å². The van der Waals surface area contributed by atoms with Gasteiger partial charge in [0.1, 0.15) is 0 Å². The SMILES string of the molecule is O=C(O)C1CCC(NC(=O)N2CCC(C3CCOCC3)C2)CC1. The number of aliphatic carboxylic acids is 1. The van der Waals surface area contributed by atoms with Crippen LogP contribution in [0.1, 0.15) is 44.9 Å². The molecule has 2 saturated heterocycles. The zero-order valence-corrected chi connectivity index (χ0v) is 13.7. The predicted octanol–water partition coefficient (Wildman–Crippen LogP) is 2.09. The standard InChI is InChI=1S/C17H28N2O4/c20-16(21)13-1-3-15(4-2-13)18-17(22)19-8-5-14(11-19)12-6-9-23-10-7-12/h12-15H,1-11H2,(H,18,22)(H,20,21). The average molecular weight is 324 g/mol. The number of carboxylic acids is 1. The van der Waals surface area contributed by atoms with Crippen LogP contribution in [0.3, 0.4) is 0 Å². The number of nitrogens with one attached hydrogen (secondary N) is 1. The van der Waals surface area contributed by atoms with Crippen LogP contribution in [0.4, 0.5) is 4.79 Å². The lowest BCUT2D eigenvalue weighted by molar-refractivity contribution is -0.142. The van der Waals surface area contributed by atoms with Crippen molar-refractivity contribution in [1.82, 2.24) is 10.2 Å². The van der Waals surface area contributed by atoms with E-state index in [0.29, 0.717) is 24.7 Å². The number of rotatable bonds is 3. The molecule has 1 unspecified atom stereocenters. The van der Waals surface area contributed by atoms with Gasteiger partial charge in [0.2, 0.25) is 0 Å². The number of nitrogens with zero attached hydrogens (tertiary/aromatic N) is 1. The molecule has 0 aromatic carbocycles. The molecule has 0 bridgehead atoms. The van der Waals surface area contributed by atoms with Crippen molar-refractivity contribution in [2.45, 2.75) is 51.0 Å². The Morgan fingerprint density at radius 2 is 1.65 bits per heavy atom. The Hall–Kier alpha value is -1.30. The summed E-state index contributed by atoms with van der Waals surface area (Å²) in [5.74, 6) is 0.390. The minimum Gasteiger partial charge on any atom is -0.481 e. The monoisotopic (exact) mass is 324 g/mol. The van der Waals surface area contributed by atoms with Gasteiger partial charge in [-0.05, 0) is 56.8 Å². The Morgan fingerprint density at radius 1 is 0.957 bits per heavy atom. The number of carbonyl (C=O) groups excluding carboxylic acids is 1. The maximum Gasteiger partial charge on any atom is 0.317 e. The van der Waals surface area contributed by atoms with Gasteiger partial charge in [0, 0.05) is 32.3 Å². The molecule has 0 radical (unpaired) electrons. The second-order valence-electron chi connectivity index (χ2n) is 7.28. The molecule has 1 aliphatic carbocycles. The summed E-state index contributed by atoms with van der Waals surface area (Å²) >= 11 is 0. The summed E-state index contributed by atoms with van der Waals surface area (Å²) in [6.45, 7) is 3.43. The predicted molar refractivity (Wildman–Crippen MR) is 85.1 cm³/mol. The van der Waals surface area contributed by atoms with E-state index in [1.165, 1.54) is 0 Å². The van der Waals surface area contributed by atoms with Crippen LogP contribution < -0.4 is 5.32 Å². The van der Waals surface area contributed by atoms with Crippen LogP contribution in [0.25, 0.3) is 0 Å². The molecule has 3 aliphatic rings. The molecule has 2 N–H and O–H groups in total. The lowest BCUT2D eigenvalue weighted by Gasteiger charge is -2.30. The van der Waals surface area contributed by atoms with E-state index in [4.69, 9.17) is 9.84 Å². The van der Waals surface area contributed by atoms with E-state index in [0.717, 1.165) is 58.4 Å². The van der Waals surface area contributed by atoms with E-state index in [2.05, 4.69) is 5.32 Å². The first-order valence-corrected chi connectivity index (χ1v) is 8.99. The molecule has 6 nitrogen and oxygen atoms in total. The molecule has 0 spiro atoms. The third kappa shape index (κ3) is 4.16. The van der Waals surface area contributed by atoms with Gasteiger partial charge < -0.3 is 20.1 Å². The van der Waals surface area contributed by atoms with Gasteiger partial charge in [0.25, 0.3) is 0 Å². The lowest BCUT2D eigenvalue weighted by Crippen LogP contribution is -2.45. The highest BCUT2D eigenvalue weighted by Gasteiger charge is 2.34. The molecule has 6 heteroatoms. The quantitative estimate of drug-likeness (QED) is 0.833. The van der Waals surface area contributed by atoms with Crippen LogP contribution in [0.5, 0.6) is 0 Å². The van der Waals surface area contributed by atoms with Gasteiger partial charge in [0.05, 0.1) is 5.92 Å². The number of ether oxygens (including phenoxy) is 1. The number of carbonyl (C=O) groups is 2.